The minimum Gasteiger partial charge on any atom is -0.481 e. The van der Waals surface area contributed by atoms with Gasteiger partial charge in [-0.05, 0) is 56.2 Å². The molecule has 2 aromatic carbocycles. The van der Waals surface area contributed by atoms with Gasteiger partial charge in [0.2, 0.25) is 5.89 Å². The Morgan fingerprint density at radius 1 is 1.06 bits per heavy atom. The molecule has 0 aliphatic heterocycles. The number of benzene rings is 2. The van der Waals surface area contributed by atoms with Crippen molar-refractivity contribution < 1.29 is 37.3 Å². The van der Waals surface area contributed by atoms with Gasteiger partial charge in [-0.1, -0.05) is 0 Å². The normalized spacial score (nSPS) is 11.0. The summed E-state index contributed by atoms with van der Waals surface area (Å²) >= 11 is 0. The topological polar surface area (TPSA) is 117 Å². The molecular formula is C23H19F2N3O6. The van der Waals surface area contributed by atoms with Gasteiger partial charge in [-0.25, -0.2) is 18.6 Å². The Balaban J connectivity index is 1.74. The Bertz CT molecular complexity index is 1370. The van der Waals surface area contributed by atoms with E-state index in [9.17, 15) is 13.6 Å². The highest BCUT2D eigenvalue weighted by Gasteiger charge is 2.20. The van der Waals surface area contributed by atoms with E-state index in [-0.39, 0.29) is 35.6 Å². The third-order valence-electron chi connectivity index (χ3n) is 4.63. The number of carboxylic acids is 1. The maximum absolute atomic E-state index is 14.0. The fraction of sp³-hybridized carbons (Fsp3) is 0.217. The zero-order valence-corrected chi connectivity index (χ0v) is 18.4. The lowest BCUT2D eigenvalue weighted by atomic mass is 10.1. The smallest absolute Gasteiger partial charge is 0.341 e. The van der Waals surface area contributed by atoms with Crippen molar-refractivity contribution in [1.82, 2.24) is 15.0 Å². The van der Waals surface area contributed by atoms with Gasteiger partial charge in [-0.2, -0.15) is 9.97 Å². The predicted octanol–water partition coefficient (Wildman–Crippen LogP) is 4.83. The fourth-order valence-corrected chi connectivity index (χ4v) is 3.27. The van der Waals surface area contributed by atoms with Gasteiger partial charge in [-0.3, -0.25) is 0 Å². The standard InChI is InChI=1S/C23H19F2N3O6/c1-4-31-21-18-22(28-23(27-21)33-16-9-14(24)5-6-15(16)25)34-20(26-18)13-7-11(2)19(12(3)8-13)32-10-17(29)30/h5-9H,4,10H2,1-3H3,(H,29,30). The van der Waals surface area contributed by atoms with Crippen LogP contribution < -0.4 is 14.2 Å². The minimum atomic E-state index is -1.08. The second-order valence-corrected chi connectivity index (χ2v) is 7.22. The number of carbonyl (C=O) groups is 1. The number of fused-ring (bicyclic) bond motifs is 1. The van der Waals surface area contributed by atoms with E-state index in [0.717, 1.165) is 18.2 Å². The number of aromatic nitrogens is 3. The van der Waals surface area contributed by atoms with Gasteiger partial charge in [0.1, 0.15) is 11.6 Å². The summed E-state index contributed by atoms with van der Waals surface area (Å²) in [4.78, 5) is 23.5. The molecule has 0 atom stereocenters. The lowest BCUT2D eigenvalue weighted by Gasteiger charge is -2.11. The van der Waals surface area contributed by atoms with Crippen LogP contribution in [-0.4, -0.2) is 39.2 Å². The molecule has 0 amide bonds. The monoisotopic (exact) mass is 471 g/mol. The molecule has 0 radical (unpaired) electrons. The molecule has 0 aliphatic rings. The Morgan fingerprint density at radius 2 is 1.79 bits per heavy atom. The van der Waals surface area contributed by atoms with Crippen LogP contribution in [0.2, 0.25) is 0 Å². The van der Waals surface area contributed by atoms with Crippen LogP contribution in [0.3, 0.4) is 0 Å². The molecule has 4 aromatic rings. The highest BCUT2D eigenvalue weighted by molar-refractivity contribution is 5.78. The number of hydrogen-bond donors (Lipinski definition) is 1. The zero-order chi connectivity index (χ0) is 24.4. The van der Waals surface area contributed by atoms with Crippen molar-refractivity contribution in [3.8, 4) is 34.8 Å². The van der Waals surface area contributed by atoms with Crippen LogP contribution in [0.5, 0.6) is 23.4 Å². The second kappa shape index (κ2) is 9.30. The SMILES string of the molecule is CCOc1nc(Oc2cc(F)ccc2F)nc2oc(-c3cc(C)c(OCC(=O)O)c(C)c3)nc12. The van der Waals surface area contributed by atoms with E-state index < -0.39 is 30.0 Å². The Labute approximate surface area is 191 Å². The molecule has 11 heteroatoms. The van der Waals surface area contributed by atoms with Crippen molar-refractivity contribution in [2.75, 3.05) is 13.2 Å². The van der Waals surface area contributed by atoms with Gasteiger partial charge in [0, 0.05) is 11.6 Å². The summed E-state index contributed by atoms with van der Waals surface area (Å²) in [5, 5.41) is 8.86. The highest BCUT2D eigenvalue weighted by atomic mass is 19.1. The fourth-order valence-electron chi connectivity index (χ4n) is 3.27. The van der Waals surface area contributed by atoms with Gasteiger partial charge in [0.25, 0.3) is 11.6 Å². The molecule has 34 heavy (non-hydrogen) atoms. The van der Waals surface area contributed by atoms with Crippen LogP contribution in [0.25, 0.3) is 22.7 Å². The largest absolute Gasteiger partial charge is 0.481 e. The van der Waals surface area contributed by atoms with E-state index in [1.807, 2.05) is 0 Å². The average Bonchev–Trinajstić information content (AvgIpc) is 3.20. The summed E-state index contributed by atoms with van der Waals surface area (Å²) in [6, 6.07) is 5.89. The van der Waals surface area contributed by atoms with Crippen LogP contribution in [0.4, 0.5) is 8.78 Å². The van der Waals surface area contributed by atoms with Crippen molar-refractivity contribution in [2.45, 2.75) is 20.8 Å². The van der Waals surface area contributed by atoms with E-state index in [4.69, 9.17) is 23.7 Å². The first kappa shape index (κ1) is 22.9. The van der Waals surface area contributed by atoms with Crippen LogP contribution in [0.15, 0.2) is 34.7 Å². The van der Waals surface area contributed by atoms with E-state index in [1.54, 1.807) is 32.9 Å². The Hall–Kier alpha value is -4.28. The summed E-state index contributed by atoms with van der Waals surface area (Å²) in [7, 11) is 0. The maximum Gasteiger partial charge on any atom is 0.341 e. The van der Waals surface area contributed by atoms with E-state index in [2.05, 4.69) is 15.0 Å². The molecule has 4 rings (SSSR count). The first-order chi connectivity index (χ1) is 16.2. The summed E-state index contributed by atoms with van der Waals surface area (Å²) in [5.74, 6) is -2.28. The van der Waals surface area contributed by atoms with Gasteiger partial charge in [0.05, 0.1) is 6.61 Å². The van der Waals surface area contributed by atoms with Crippen LogP contribution in [0, 0.1) is 25.5 Å². The van der Waals surface area contributed by atoms with Crippen molar-refractivity contribution in [2.24, 2.45) is 0 Å². The molecule has 0 fully saturated rings. The summed E-state index contributed by atoms with van der Waals surface area (Å²) in [6.07, 6.45) is 0. The van der Waals surface area contributed by atoms with E-state index in [0.29, 0.717) is 22.4 Å². The molecule has 0 saturated heterocycles. The molecule has 0 unspecified atom stereocenters. The first-order valence-corrected chi connectivity index (χ1v) is 10.2. The molecule has 0 bridgehead atoms. The van der Waals surface area contributed by atoms with Crippen molar-refractivity contribution in [1.29, 1.82) is 0 Å². The maximum atomic E-state index is 14.0. The minimum absolute atomic E-state index is 0.0155. The lowest BCUT2D eigenvalue weighted by molar-refractivity contribution is -0.139. The summed E-state index contributed by atoms with van der Waals surface area (Å²) < 4.78 is 49.5. The average molecular weight is 471 g/mol. The van der Waals surface area contributed by atoms with Crippen LogP contribution >= 0.6 is 0 Å². The third kappa shape index (κ3) is 4.72. The van der Waals surface area contributed by atoms with Crippen molar-refractivity contribution in [3.63, 3.8) is 0 Å². The van der Waals surface area contributed by atoms with E-state index in [1.165, 1.54) is 0 Å². The van der Waals surface area contributed by atoms with Gasteiger partial charge in [0.15, 0.2) is 23.7 Å². The molecular weight excluding hydrogens is 452 g/mol. The molecule has 0 spiro atoms. The van der Waals surface area contributed by atoms with E-state index >= 15 is 0 Å². The molecule has 176 valence electrons. The van der Waals surface area contributed by atoms with Crippen LogP contribution in [0.1, 0.15) is 18.1 Å². The Morgan fingerprint density at radius 3 is 2.47 bits per heavy atom. The molecule has 0 aliphatic carbocycles. The van der Waals surface area contributed by atoms with Crippen molar-refractivity contribution in [3.05, 3.63) is 53.1 Å². The molecule has 2 heterocycles. The van der Waals surface area contributed by atoms with Crippen LogP contribution in [-0.2, 0) is 4.79 Å². The number of aryl methyl sites for hydroxylation is 2. The number of carboxylic acid groups (broad SMARTS) is 1. The summed E-state index contributed by atoms with van der Waals surface area (Å²) in [5.41, 5.74) is 2.17. The molecule has 1 N–H and O–H groups in total. The zero-order valence-electron chi connectivity index (χ0n) is 18.4. The number of hydrogen-bond acceptors (Lipinski definition) is 8. The number of rotatable bonds is 8. The summed E-state index contributed by atoms with van der Waals surface area (Å²) in [6.45, 7) is 5.05. The molecule has 0 saturated carbocycles. The third-order valence-corrected chi connectivity index (χ3v) is 4.63. The second-order valence-electron chi connectivity index (χ2n) is 7.22. The van der Waals surface area contributed by atoms with Crippen molar-refractivity contribution >= 4 is 17.2 Å². The number of aliphatic carboxylic acids is 1. The number of halogens is 2. The number of nitrogens with zero attached hydrogens (tertiary/aromatic N) is 3. The van der Waals surface area contributed by atoms with Gasteiger partial charge >= 0.3 is 12.0 Å². The quantitative estimate of drug-likeness (QED) is 0.385. The number of ether oxygens (including phenoxy) is 3. The van der Waals surface area contributed by atoms with Gasteiger partial charge in [-0.15, -0.1) is 0 Å². The van der Waals surface area contributed by atoms with Gasteiger partial charge < -0.3 is 23.7 Å². The molecule has 9 nitrogen and oxygen atoms in total. The lowest BCUT2D eigenvalue weighted by Crippen LogP contribution is -2.10. The Kier molecular flexibility index (Phi) is 6.26. The predicted molar refractivity (Wildman–Crippen MR) is 115 cm³/mol. The molecule has 2 aromatic heterocycles. The number of oxazole rings is 1. The first-order valence-electron chi connectivity index (χ1n) is 10.2. The highest BCUT2D eigenvalue weighted by Crippen LogP contribution is 2.34.